The summed E-state index contributed by atoms with van der Waals surface area (Å²) in [7, 11) is 4.07. The minimum Gasteiger partial charge on any atom is -0.378 e. The molecule has 0 atom stereocenters. The van der Waals surface area contributed by atoms with Crippen LogP contribution in [0.4, 0.5) is 5.69 Å². The zero-order valence-corrected chi connectivity index (χ0v) is 9.81. The molecule has 0 saturated heterocycles. The lowest BCUT2D eigenvalue weighted by atomic mass is 10.3. The Hall–Kier alpha value is -0.110. The van der Waals surface area contributed by atoms with Crippen molar-refractivity contribution in [2.24, 2.45) is 0 Å². The highest BCUT2D eigenvalue weighted by molar-refractivity contribution is 6.63. The minimum absolute atomic E-state index is 0.750. The van der Waals surface area contributed by atoms with Crippen LogP contribution in [0.25, 0.3) is 0 Å². The van der Waals surface area contributed by atoms with Crippen LogP contribution in [-0.4, -0.2) is 18.4 Å². The number of alkyl halides is 3. The Bertz CT molecular complexity index is 209. The van der Waals surface area contributed by atoms with E-state index in [-0.39, 0.29) is 0 Å². The van der Waals surface area contributed by atoms with Crippen LogP contribution in [0.2, 0.25) is 0 Å². The van der Waals surface area contributed by atoms with E-state index in [2.05, 4.69) is 17.0 Å². The number of nitrogens with zero attached hydrogens (tertiary/aromatic N) is 1. The maximum absolute atomic E-state index is 4.81. The summed E-state index contributed by atoms with van der Waals surface area (Å²) < 4.78 is -0.750. The largest absolute Gasteiger partial charge is 0.378 e. The van der Waals surface area contributed by atoms with Crippen molar-refractivity contribution in [3.63, 3.8) is 0 Å². The van der Waals surface area contributed by atoms with E-state index in [1.54, 1.807) is 0 Å². The molecule has 74 valence electrons. The van der Waals surface area contributed by atoms with Gasteiger partial charge < -0.3 is 4.90 Å². The maximum Gasteiger partial charge on any atom is 0.180 e. The number of hydrogen-bond donors (Lipinski definition) is 0. The number of hydrogen-bond acceptors (Lipinski definition) is 1. The Morgan fingerprint density at radius 3 is 1.62 bits per heavy atom. The fourth-order valence-electron chi connectivity index (χ4n) is 0.726. The Morgan fingerprint density at radius 1 is 1.00 bits per heavy atom. The Morgan fingerprint density at radius 2 is 1.38 bits per heavy atom. The zero-order chi connectivity index (χ0) is 10.3. The van der Waals surface area contributed by atoms with E-state index in [0.29, 0.717) is 0 Å². The van der Waals surface area contributed by atoms with Gasteiger partial charge >= 0.3 is 0 Å². The monoisotopic (exact) mass is 239 g/mol. The van der Waals surface area contributed by atoms with Crippen molar-refractivity contribution >= 4 is 40.5 Å². The summed E-state index contributed by atoms with van der Waals surface area (Å²) in [4.78, 5) is 2.08. The summed E-state index contributed by atoms with van der Waals surface area (Å²) in [6.45, 7) is 0. The predicted molar refractivity (Wildman–Crippen MR) is 62.1 cm³/mol. The molecule has 0 radical (unpaired) electrons. The molecular weight excluding hydrogens is 228 g/mol. The molecule has 1 rings (SSSR count). The van der Waals surface area contributed by atoms with Crippen molar-refractivity contribution in [2.75, 3.05) is 19.0 Å². The highest BCUT2D eigenvalue weighted by atomic mass is 35.6. The van der Waals surface area contributed by atoms with Gasteiger partial charge in [-0.15, -0.1) is 0 Å². The van der Waals surface area contributed by atoms with Crippen LogP contribution in [-0.2, 0) is 0 Å². The molecule has 0 heterocycles. The van der Waals surface area contributed by atoms with Crippen molar-refractivity contribution in [2.45, 2.75) is 4.30 Å². The second kappa shape index (κ2) is 7.31. The lowest BCUT2D eigenvalue weighted by Gasteiger charge is -2.10. The van der Waals surface area contributed by atoms with E-state index >= 15 is 0 Å². The van der Waals surface area contributed by atoms with Crippen LogP contribution in [0.15, 0.2) is 30.3 Å². The first-order valence-electron chi connectivity index (χ1n) is 3.68. The quantitative estimate of drug-likeness (QED) is 0.676. The smallest absolute Gasteiger partial charge is 0.180 e. The third kappa shape index (κ3) is 8.23. The van der Waals surface area contributed by atoms with E-state index in [1.165, 1.54) is 5.69 Å². The third-order valence-corrected chi connectivity index (χ3v) is 1.27. The maximum atomic E-state index is 4.81. The summed E-state index contributed by atoms with van der Waals surface area (Å²) in [6.07, 6.45) is 0. The van der Waals surface area contributed by atoms with E-state index in [0.717, 1.165) is 0 Å². The lowest BCUT2D eigenvalue weighted by molar-refractivity contribution is 1.13. The van der Waals surface area contributed by atoms with Crippen LogP contribution in [0, 0.1) is 0 Å². The average Bonchev–Trinajstić information content (AvgIpc) is 2.05. The van der Waals surface area contributed by atoms with Gasteiger partial charge in [-0.3, -0.25) is 0 Å². The molecule has 0 N–H and O–H groups in total. The number of halogens is 3. The normalized spacial score (nSPS) is 9.08. The predicted octanol–water partition coefficient (Wildman–Crippen LogP) is 3.74. The standard InChI is InChI=1S/C8H11N.CHCl3/c1-9(2)8-6-4-3-5-7-8;2-1(3)4/h3-7H,1-2H3;1H. The topological polar surface area (TPSA) is 3.24 Å². The fourth-order valence-corrected chi connectivity index (χ4v) is 0.726. The first kappa shape index (κ1) is 12.9. The molecule has 0 aliphatic carbocycles. The summed E-state index contributed by atoms with van der Waals surface area (Å²) in [5.74, 6) is 0. The van der Waals surface area contributed by atoms with Gasteiger partial charge in [-0.1, -0.05) is 53.0 Å². The molecule has 0 amide bonds. The van der Waals surface area contributed by atoms with Crippen molar-refractivity contribution in [3.05, 3.63) is 30.3 Å². The van der Waals surface area contributed by atoms with Gasteiger partial charge in [0.15, 0.2) is 4.30 Å². The van der Waals surface area contributed by atoms with Crippen LogP contribution < -0.4 is 4.90 Å². The molecule has 1 nitrogen and oxygen atoms in total. The van der Waals surface area contributed by atoms with E-state index in [1.807, 2.05) is 32.3 Å². The van der Waals surface area contributed by atoms with Gasteiger partial charge in [-0.05, 0) is 12.1 Å². The van der Waals surface area contributed by atoms with Crippen LogP contribution in [0.5, 0.6) is 0 Å². The van der Waals surface area contributed by atoms with Crippen LogP contribution in [0.1, 0.15) is 0 Å². The van der Waals surface area contributed by atoms with Crippen LogP contribution >= 0.6 is 34.8 Å². The molecule has 4 heteroatoms. The first-order chi connectivity index (χ1) is 6.04. The van der Waals surface area contributed by atoms with Crippen molar-refractivity contribution in [3.8, 4) is 0 Å². The lowest BCUT2D eigenvalue weighted by Crippen LogP contribution is -2.07. The second-order valence-corrected chi connectivity index (χ2v) is 4.46. The number of para-hydroxylation sites is 1. The summed E-state index contributed by atoms with van der Waals surface area (Å²) in [5.41, 5.74) is 1.25. The molecule has 1 aromatic carbocycles. The molecular formula is C9H12Cl3N. The third-order valence-electron chi connectivity index (χ3n) is 1.27. The molecule has 1 aromatic rings. The molecule has 0 aliphatic rings. The highest BCUT2D eigenvalue weighted by Gasteiger charge is 1.87. The van der Waals surface area contributed by atoms with Gasteiger partial charge in [0.2, 0.25) is 0 Å². The number of benzene rings is 1. The molecule has 0 spiro atoms. The average molecular weight is 241 g/mol. The molecule has 0 fully saturated rings. The van der Waals surface area contributed by atoms with Crippen molar-refractivity contribution < 1.29 is 0 Å². The molecule has 0 saturated carbocycles. The van der Waals surface area contributed by atoms with Crippen molar-refractivity contribution in [1.29, 1.82) is 0 Å². The number of anilines is 1. The van der Waals surface area contributed by atoms with Gasteiger partial charge in [-0.25, -0.2) is 0 Å². The SMILES string of the molecule is CN(C)c1ccccc1.ClC(Cl)Cl. The summed E-state index contributed by atoms with van der Waals surface area (Å²) >= 11 is 14.4. The van der Waals surface area contributed by atoms with Gasteiger partial charge in [0.25, 0.3) is 0 Å². The molecule has 0 aliphatic heterocycles. The Kier molecular flexibility index (Phi) is 7.25. The van der Waals surface area contributed by atoms with Gasteiger partial charge in [0.1, 0.15) is 0 Å². The molecule has 0 aromatic heterocycles. The summed E-state index contributed by atoms with van der Waals surface area (Å²) in [6, 6.07) is 10.3. The molecule has 0 bridgehead atoms. The first-order valence-corrected chi connectivity index (χ1v) is 4.99. The Labute approximate surface area is 94.2 Å². The fraction of sp³-hybridized carbons (Fsp3) is 0.333. The zero-order valence-electron chi connectivity index (χ0n) is 7.55. The molecule has 13 heavy (non-hydrogen) atoms. The Balaban J connectivity index is 0.000000310. The summed E-state index contributed by atoms with van der Waals surface area (Å²) in [5, 5.41) is 0. The van der Waals surface area contributed by atoms with E-state index in [9.17, 15) is 0 Å². The number of rotatable bonds is 1. The van der Waals surface area contributed by atoms with E-state index in [4.69, 9.17) is 34.8 Å². The van der Waals surface area contributed by atoms with Gasteiger partial charge in [-0.2, -0.15) is 0 Å². The second-order valence-electron chi connectivity index (χ2n) is 2.48. The van der Waals surface area contributed by atoms with E-state index < -0.39 is 4.30 Å². The highest BCUT2D eigenvalue weighted by Crippen LogP contribution is 2.07. The van der Waals surface area contributed by atoms with Crippen LogP contribution in [0.3, 0.4) is 0 Å². The van der Waals surface area contributed by atoms with Gasteiger partial charge in [0, 0.05) is 19.8 Å². The van der Waals surface area contributed by atoms with Crippen molar-refractivity contribution in [1.82, 2.24) is 0 Å². The molecule has 0 unspecified atom stereocenters. The minimum atomic E-state index is -0.750. The van der Waals surface area contributed by atoms with Gasteiger partial charge in [0.05, 0.1) is 0 Å².